The second-order valence-corrected chi connectivity index (χ2v) is 14.5. The molecule has 4 aliphatic rings. The van der Waals surface area contributed by atoms with Crippen LogP contribution in [-0.4, -0.2) is 58.6 Å². The molecule has 4 atom stereocenters. The third kappa shape index (κ3) is 6.48. The van der Waals surface area contributed by atoms with Gasteiger partial charge in [0, 0.05) is 31.6 Å². The van der Waals surface area contributed by atoms with Crippen LogP contribution in [0.4, 0.5) is 0 Å². The van der Waals surface area contributed by atoms with Crippen molar-refractivity contribution < 1.29 is 19.4 Å². The number of nitrogens with zero attached hydrogens (tertiary/aromatic N) is 2. The highest BCUT2D eigenvalue weighted by atomic mass is 16.5. The van der Waals surface area contributed by atoms with Gasteiger partial charge < -0.3 is 9.84 Å². The number of carbonyl (C=O) groups is 2. The van der Waals surface area contributed by atoms with Gasteiger partial charge in [0.15, 0.2) is 0 Å². The Hall–Kier alpha value is -3.22. The summed E-state index contributed by atoms with van der Waals surface area (Å²) in [6.45, 7) is 13.8. The van der Waals surface area contributed by atoms with Crippen LogP contribution < -0.4 is 0 Å². The molecule has 0 radical (unpaired) electrons. The molecule has 246 valence electrons. The molecule has 0 saturated carbocycles. The van der Waals surface area contributed by atoms with Gasteiger partial charge in [0.1, 0.15) is 5.75 Å². The predicted octanol–water partition coefficient (Wildman–Crippen LogP) is 7.61. The molecule has 1 N–H and O–H groups in total. The number of likely N-dealkylation sites (tertiary alicyclic amines) is 2. The van der Waals surface area contributed by atoms with E-state index in [1.807, 2.05) is 19.9 Å². The topological polar surface area (TPSA) is 70.1 Å². The van der Waals surface area contributed by atoms with Crippen LogP contribution in [0.1, 0.15) is 88.0 Å². The zero-order chi connectivity index (χ0) is 32.5. The average molecular weight is 625 g/mol. The molecule has 6 nitrogen and oxygen atoms in total. The number of phenolic OH excluding ortho intramolecular Hbond substituents is 1. The highest BCUT2D eigenvalue weighted by Gasteiger charge is 2.58. The van der Waals surface area contributed by atoms with E-state index < -0.39 is 0 Å². The number of rotatable bonds is 10. The summed E-state index contributed by atoms with van der Waals surface area (Å²) in [5.41, 5.74) is 8.29. The van der Waals surface area contributed by atoms with Crippen molar-refractivity contribution in [1.29, 1.82) is 0 Å². The van der Waals surface area contributed by atoms with Crippen molar-refractivity contribution in [3.63, 3.8) is 0 Å². The van der Waals surface area contributed by atoms with Crippen LogP contribution in [0, 0.1) is 37.5 Å². The summed E-state index contributed by atoms with van der Waals surface area (Å²) in [5, 5.41) is 10.3. The second kappa shape index (κ2) is 13.9. The fourth-order valence-electron chi connectivity index (χ4n) is 8.74. The van der Waals surface area contributed by atoms with Crippen molar-refractivity contribution >= 4 is 17.9 Å². The zero-order valence-corrected chi connectivity index (χ0v) is 28.4. The number of piperidine rings is 1. The molecule has 0 unspecified atom stereocenters. The van der Waals surface area contributed by atoms with Crippen LogP contribution >= 0.6 is 0 Å². The Labute approximate surface area is 275 Å². The van der Waals surface area contributed by atoms with E-state index in [1.54, 1.807) is 4.90 Å². The Bertz CT molecular complexity index is 1480. The molecule has 6 rings (SSSR count). The number of aromatic hydroxyl groups is 1. The van der Waals surface area contributed by atoms with Crippen molar-refractivity contribution in [2.24, 2.45) is 23.7 Å². The van der Waals surface area contributed by atoms with Crippen molar-refractivity contribution in [2.45, 2.75) is 98.3 Å². The number of fused-ring (bicyclic) bond motifs is 3. The summed E-state index contributed by atoms with van der Waals surface area (Å²) >= 11 is 0. The normalized spacial score (nSPS) is 26.0. The molecule has 0 aromatic heterocycles. The third-order valence-corrected chi connectivity index (χ3v) is 11.0. The van der Waals surface area contributed by atoms with E-state index in [-0.39, 0.29) is 41.7 Å². The van der Waals surface area contributed by atoms with E-state index in [9.17, 15) is 14.7 Å². The summed E-state index contributed by atoms with van der Waals surface area (Å²) < 4.78 is 6.55. The third-order valence-electron chi connectivity index (χ3n) is 11.0. The minimum Gasteiger partial charge on any atom is -0.507 e. The standard InChI is InChI=1S/C40H52N2O4/c1-6-10-28(21-30-19-26(4)38(43)27(5)20-30)13-14-35-36-32(25(2)3)22-33-37(34(36)24-46-35)40(45)42(39(33)44)31-15-17-41(18-16-31)23-29-11-8-7-9-12-29/h7-9,11-12,19-21,25,31,33-35,37,43H,6,10,13-18,22-24H2,1-5H3/b28-21+/t33-,34+,35-,37-/m1/s1. The SMILES string of the molecule is CCC/C(=C\c1cc(C)c(O)c(C)c1)CC[C@H]1OC[C@H]2C1=C(C(C)C)C[C@H]1C(=O)N(C3CCN(Cc4ccccc4)CC3)C(=O)[C@H]12. The van der Waals surface area contributed by atoms with Crippen molar-refractivity contribution in [1.82, 2.24) is 9.80 Å². The highest BCUT2D eigenvalue weighted by Crippen LogP contribution is 2.52. The molecule has 0 bridgehead atoms. The minimum absolute atomic E-state index is 0.00164. The van der Waals surface area contributed by atoms with Crippen molar-refractivity contribution in [2.75, 3.05) is 19.7 Å². The lowest BCUT2D eigenvalue weighted by atomic mass is 9.67. The molecule has 3 heterocycles. The van der Waals surface area contributed by atoms with Crippen LogP contribution in [0.2, 0.25) is 0 Å². The summed E-state index contributed by atoms with van der Waals surface area (Å²) in [6, 6.07) is 14.6. The maximum absolute atomic E-state index is 14.2. The van der Waals surface area contributed by atoms with Gasteiger partial charge in [-0.05, 0) is 98.2 Å². The molecular formula is C40H52N2O4. The van der Waals surface area contributed by atoms with Crippen LogP contribution in [0.15, 0.2) is 59.2 Å². The zero-order valence-electron chi connectivity index (χ0n) is 28.4. The van der Waals surface area contributed by atoms with Crippen LogP contribution in [0.3, 0.4) is 0 Å². The number of phenols is 1. The van der Waals surface area contributed by atoms with Crippen LogP contribution in [0.25, 0.3) is 6.08 Å². The first-order chi connectivity index (χ1) is 22.2. The lowest BCUT2D eigenvalue weighted by molar-refractivity contribution is -0.144. The fraction of sp³-hybridized carbons (Fsp3) is 0.550. The van der Waals surface area contributed by atoms with Gasteiger partial charge in [-0.25, -0.2) is 0 Å². The van der Waals surface area contributed by atoms with Gasteiger partial charge in [0.05, 0.1) is 24.5 Å². The lowest BCUT2D eigenvalue weighted by Gasteiger charge is -2.36. The number of ether oxygens (including phenoxy) is 1. The van der Waals surface area contributed by atoms with Crippen molar-refractivity contribution in [3.8, 4) is 5.75 Å². The quantitative estimate of drug-likeness (QED) is 0.218. The summed E-state index contributed by atoms with van der Waals surface area (Å²) in [5.74, 6) is 0.262. The molecule has 1 aliphatic carbocycles. The van der Waals surface area contributed by atoms with Gasteiger partial charge in [0.2, 0.25) is 11.8 Å². The largest absolute Gasteiger partial charge is 0.507 e. The van der Waals surface area contributed by atoms with E-state index in [0.717, 1.165) is 74.8 Å². The highest BCUT2D eigenvalue weighted by molar-refractivity contribution is 6.06. The summed E-state index contributed by atoms with van der Waals surface area (Å²) in [4.78, 5) is 32.3. The van der Waals surface area contributed by atoms with E-state index in [4.69, 9.17) is 4.74 Å². The number of aryl methyl sites for hydroxylation is 2. The molecule has 0 spiro atoms. The Morgan fingerprint density at radius 1 is 1.00 bits per heavy atom. The maximum Gasteiger partial charge on any atom is 0.234 e. The van der Waals surface area contributed by atoms with E-state index in [2.05, 4.69) is 68.1 Å². The van der Waals surface area contributed by atoms with Gasteiger partial charge in [0.25, 0.3) is 0 Å². The number of imide groups is 1. The summed E-state index contributed by atoms with van der Waals surface area (Å²) in [7, 11) is 0. The van der Waals surface area contributed by atoms with E-state index >= 15 is 0 Å². The number of allylic oxidation sites excluding steroid dienone is 2. The molecule has 3 aliphatic heterocycles. The van der Waals surface area contributed by atoms with Crippen LogP contribution in [0.5, 0.6) is 5.75 Å². The molecule has 46 heavy (non-hydrogen) atoms. The molecule has 2 amide bonds. The molecule has 6 heteroatoms. The van der Waals surface area contributed by atoms with E-state index in [0.29, 0.717) is 24.7 Å². The van der Waals surface area contributed by atoms with E-state index in [1.165, 1.54) is 22.3 Å². The Balaban J connectivity index is 1.16. The Kier molecular flexibility index (Phi) is 9.86. The number of carbonyl (C=O) groups excluding carboxylic acids is 2. The number of hydrogen-bond donors (Lipinski definition) is 1. The number of benzene rings is 2. The second-order valence-electron chi connectivity index (χ2n) is 14.5. The van der Waals surface area contributed by atoms with Crippen LogP contribution in [-0.2, 0) is 20.9 Å². The monoisotopic (exact) mass is 624 g/mol. The van der Waals surface area contributed by atoms with Gasteiger partial charge in [-0.15, -0.1) is 0 Å². The molecule has 3 fully saturated rings. The first-order valence-electron chi connectivity index (χ1n) is 17.6. The molecular weight excluding hydrogens is 572 g/mol. The molecule has 2 aromatic carbocycles. The van der Waals surface area contributed by atoms with Gasteiger partial charge in [-0.1, -0.05) is 74.7 Å². The average Bonchev–Trinajstić information content (AvgIpc) is 3.57. The van der Waals surface area contributed by atoms with Gasteiger partial charge in [-0.2, -0.15) is 0 Å². The Morgan fingerprint density at radius 3 is 2.35 bits per heavy atom. The Morgan fingerprint density at radius 2 is 1.70 bits per heavy atom. The maximum atomic E-state index is 14.2. The minimum atomic E-state index is -0.286. The van der Waals surface area contributed by atoms with Crippen molar-refractivity contribution in [3.05, 3.63) is 81.4 Å². The summed E-state index contributed by atoms with van der Waals surface area (Å²) in [6.07, 6.45) is 8.54. The lowest BCUT2D eigenvalue weighted by Crippen LogP contribution is -2.47. The number of amides is 2. The molecule has 2 aromatic rings. The molecule has 3 saturated heterocycles. The van der Waals surface area contributed by atoms with Gasteiger partial charge >= 0.3 is 0 Å². The fourth-order valence-corrected chi connectivity index (χ4v) is 8.74. The predicted molar refractivity (Wildman–Crippen MR) is 183 cm³/mol. The number of hydrogen-bond acceptors (Lipinski definition) is 5. The first-order valence-corrected chi connectivity index (χ1v) is 17.6. The van der Waals surface area contributed by atoms with Gasteiger partial charge in [-0.3, -0.25) is 19.4 Å². The first kappa shape index (κ1) is 32.7. The smallest absolute Gasteiger partial charge is 0.234 e.